The lowest BCUT2D eigenvalue weighted by Crippen LogP contribution is -2.45. The van der Waals surface area contributed by atoms with E-state index in [0.717, 1.165) is 12.8 Å². The van der Waals surface area contributed by atoms with Crippen LogP contribution in [0.1, 0.15) is 29.6 Å². The summed E-state index contributed by atoms with van der Waals surface area (Å²) in [7, 11) is -2.38. The van der Waals surface area contributed by atoms with Crippen molar-refractivity contribution in [1.82, 2.24) is 4.31 Å². The molecule has 0 saturated carbocycles. The number of para-hydroxylation sites is 2. The van der Waals surface area contributed by atoms with Crippen LogP contribution in [0.2, 0.25) is 5.02 Å². The summed E-state index contributed by atoms with van der Waals surface area (Å²) in [4.78, 5) is 12.7. The number of nitrogens with zero attached hydrogens (tertiary/aromatic N) is 1. The number of benzene rings is 2. The first-order valence-corrected chi connectivity index (χ1v) is 11.1. The van der Waals surface area contributed by atoms with Gasteiger partial charge in [0, 0.05) is 12.6 Å². The fourth-order valence-electron chi connectivity index (χ4n) is 3.38. The number of methoxy groups -OCH3 is 1. The molecule has 1 atom stereocenters. The number of carbonyl (C=O) groups is 1. The fourth-order valence-corrected chi connectivity index (χ4v) is 5.30. The van der Waals surface area contributed by atoms with E-state index < -0.39 is 22.0 Å². The molecule has 2 N–H and O–H groups in total. The smallest absolute Gasteiger partial charge is 0.257 e. The van der Waals surface area contributed by atoms with Crippen LogP contribution in [0.4, 0.5) is 5.69 Å². The number of aliphatic hydroxyl groups excluding tert-OH is 1. The number of hydrogen-bond donors (Lipinski definition) is 2. The lowest BCUT2D eigenvalue weighted by Gasteiger charge is -2.33. The molecule has 7 nitrogen and oxygen atoms in total. The molecule has 9 heteroatoms. The Morgan fingerprint density at radius 1 is 1.28 bits per heavy atom. The molecule has 2 aromatic carbocycles. The minimum atomic E-state index is -3.87. The van der Waals surface area contributed by atoms with E-state index in [0.29, 0.717) is 24.4 Å². The molecule has 29 heavy (non-hydrogen) atoms. The molecule has 0 bridgehead atoms. The van der Waals surface area contributed by atoms with Gasteiger partial charge in [0.05, 0.1) is 34.9 Å². The number of anilines is 1. The molecular formula is C20H23ClN2O5S. The molecule has 1 fully saturated rings. The second-order valence-corrected chi connectivity index (χ2v) is 9.04. The lowest BCUT2D eigenvalue weighted by molar-refractivity contribution is 0.102. The molecule has 0 radical (unpaired) electrons. The number of ether oxygens (including phenoxy) is 1. The van der Waals surface area contributed by atoms with Crippen LogP contribution in [0, 0.1) is 0 Å². The van der Waals surface area contributed by atoms with Gasteiger partial charge in [0.2, 0.25) is 10.0 Å². The summed E-state index contributed by atoms with van der Waals surface area (Å²) in [5.41, 5.74) is 0.483. The Balaban J connectivity index is 1.92. The molecule has 1 aliphatic rings. The highest BCUT2D eigenvalue weighted by Gasteiger charge is 2.33. The lowest BCUT2D eigenvalue weighted by atomic mass is 10.1. The van der Waals surface area contributed by atoms with Crippen LogP contribution < -0.4 is 10.1 Å². The van der Waals surface area contributed by atoms with E-state index in [2.05, 4.69) is 5.32 Å². The van der Waals surface area contributed by atoms with Crippen LogP contribution in [0.5, 0.6) is 5.75 Å². The molecule has 0 spiro atoms. The van der Waals surface area contributed by atoms with Gasteiger partial charge in [0.15, 0.2) is 0 Å². The highest BCUT2D eigenvalue weighted by atomic mass is 35.5. The van der Waals surface area contributed by atoms with Crippen LogP contribution in [0.15, 0.2) is 47.4 Å². The normalized spacial score (nSPS) is 17.7. The molecule has 1 saturated heterocycles. The minimum absolute atomic E-state index is 0.0348. The van der Waals surface area contributed by atoms with Gasteiger partial charge >= 0.3 is 0 Å². The summed E-state index contributed by atoms with van der Waals surface area (Å²) in [5.74, 6) is -0.0752. The van der Waals surface area contributed by atoms with Crippen molar-refractivity contribution in [2.24, 2.45) is 0 Å². The van der Waals surface area contributed by atoms with Crippen LogP contribution in [0.3, 0.4) is 0 Å². The maximum absolute atomic E-state index is 13.1. The number of halogens is 1. The van der Waals surface area contributed by atoms with Gasteiger partial charge in [-0.1, -0.05) is 30.2 Å². The Bertz CT molecular complexity index is 996. The molecule has 1 aliphatic heterocycles. The minimum Gasteiger partial charge on any atom is -0.495 e. The van der Waals surface area contributed by atoms with E-state index in [1.165, 1.54) is 29.6 Å². The van der Waals surface area contributed by atoms with Crippen LogP contribution in [-0.4, -0.2) is 50.0 Å². The quantitative estimate of drug-likeness (QED) is 0.722. The average molecular weight is 439 g/mol. The number of rotatable bonds is 6. The van der Waals surface area contributed by atoms with Gasteiger partial charge in [0.25, 0.3) is 5.91 Å². The fraction of sp³-hybridized carbons (Fsp3) is 0.350. The van der Waals surface area contributed by atoms with Gasteiger partial charge < -0.3 is 15.2 Å². The summed E-state index contributed by atoms with van der Waals surface area (Å²) < 4.78 is 32.8. The average Bonchev–Trinajstić information content (AvgIpc) is 2.74. The molecule has 1 heterocycles. The van der Waals surface area contributed by atoms with E-state index >= 15 is 0 Å². The Hall–Kier alpha value is -2.13. The first-order valence-electron chi connectivity index (χ1n) is 9.25. The van der Waals surface area contributed by atoms with Crippen LogP contribution >= 0.6 is 11.6 Å². The van der Waals surface area contributed by atoms with E-state index in [1.807, 2.05) is 0 Å². The summed E-state index contributed by atoms with van der Waals surface area (Å²) in [6.07, 6.45) is 2.19. The van der Waals surface area contributed by atoms with E-state index in [9.17, 15) is 18.3 Å². The third-order valence-electron chi connectivity index (χ3n) is 4.93. The van der Waals surface area contributed by atoms with Crippen molar-refractivity contribution in [2.45, 2.75) is 30.2 Å². The summed E-state index contributed by atoms with van der Waals surface area (Å²) in [6.45, 7) is 0.0902. The van der Waals surface area contributed by atoms with E-state index in [1.54, 1.807) is 24.3 Å². The van der Waals surface area contributed by atoms with Gasteiger partial charge in [-0.15, -0.1) is 0 Å². The van der Waals surface area contributed by atoms with Crippen LogP contribution in [0.25, 0.3) is 0 Å². The van der Waals surface area contributed by atoms with Crippen molar-refractivity contribution in [3.8, 4) is 5.75 Å². The zero-order valence-corrected chi connectivity index (χ0v) is 17.5. The van der Waals surface area contributed by atoms with Gasteiger partial charge in [-0.2, -0.15) is 4.31 Å². The zero-order valence-electron chi connectivity index (χ0n) is 16.0. The first kappa shape index (κ1) is 21.6. The maximum atomic E-state index is 13.1. The van der Waals surface area contributed by atoms with Crippen molar-refractivity contribution >= 4 is 33.2 Å². The third-order valence-corrected chi connectivity index (χ3v) is 7.21. The Morgan fingerprint density at radius 2 is 2.03 bits per heavy atom. The van der Waals surface area contributed by atoms with Crippen molar-refractivity contribution in [3.05, 3.63) is 53.1 Å². The highest BCUT2D eigenvalue weighted by molar-refractivity contribution is 7.89. The van der Waals surface area contributed by atoms with Crippen LogP contribution in [-0.2, 0) is 10.0 Å². The zero-order chi connectivity index (χ0) is 21.0. The number of nitrogens with one attached hydrogen (secondary N) is 1. The Labute approximate surface area is 175 Å². The molecule has 1 amide bonds. The molecule has 156 valence electrons. The van der Waals surface area contributed by atoms with Gasteiger partial charge in [-0.3, -0.25) is 4.79 Å². The third kappa shape index (κ3) is 4.56. The van der Waals surface area contributed by atoms with Gasteiger partial charge in [0.1, 0.15) is 5.75 Å². The Morgan fingerprint density at radius 3 is 2.76 bits per heavy atom. The number of carbonyl (C=O) groups excluding carboxylic acids is 1. The second kappa shape index (κ2) is 9.13. The number of sulfonamides is 1. The number of amides is 1. The van der Waals surface area contributed by atoms with Crippen molar-refractivity contribution in [1.29, 1.82) is 0 Å². The van der Waals surface area contributed by atoms with Gasteiger partial charge in [-0.25, -0.2) is 8.42 Å². The topological polar surface area (TPSA) is 95.9 Å². The van der Waals surface area contributed by atoms with Gasteiger partial charge in [-0.05, 0) is 43.2 Å². The summed E-state index contributed by atoms with van der Waals surface area (Å²) >= 11 is 6.18. The van der Waals surface area contributed by atoms with E-state index in [-0.39, 0.29) is 22.1 Å². The monoisotopic (exact) mass is 438 g/mol. The summed E-state index contributed by atoms with van der Waals surface area (Å²) in [5, 5.41) is 12.4. The second-order valence-electron chi connectivity index (χ2n) is 6.74. The van der Waals surface area contributed by atoms with Crippen molar-refractivity contribution in [2.75, 3.05) is 25.6 Å². The van der Waals surface area contributed by atoms with Crippen molar-refractivity contribution in [3.63, 3.8) is 0 Å². The van der Waals surface area contributed by atoms with E-state index in [4.69, 9.17) is 16.3 Å². The molecule has 0 aliphatic carbocycles. The molecular weight excluding hydrogens is 416 g/mol. The maximum Gasteiger partial charge on any atom is 0.257 e. The first-order chi connectivity index (χ1) is 13.9. The number of hydrogen-bond acceptors (Lipinski definition) is 5. The predicted molar refractivity (Wildman–Crippen MR) is 111 cm³/mol. The summed E-state index contributed by atoms with van der Waals surface area (Å²) in [6, 6.07) is 10.5. The highest BCUT2D eigenvalue weighted by Crippen LogP contribution is 2.29. The molecule has 0 aromatic heterocycles. The van der Waals surface area contributed by atoms with Crippen molar-refractivity contribution < 1.29 is 23.1 Å². The number of aliphatic hydroxyl groups is 1. The number of piperidine rings is 1. The predicted octanol–water partition coefficient (Wildman–Crippen LogP) is 3.14. The molecule has 1 unspecified atom stereocenters. The molecule has 3 rings (SSSR count). The Kier molecular flexibility index (Phi) is 6.79. The molecule has 2 aromatic rings. The standard InChI is InChI=1S/C20H23ClN2O5S/c1-28-19-8-3-2-7-18(19)22-20(25)16-12-15(9-10-17(16)21)29(26,27)23-11-5-4-6-14(23)13-24/h2-3,7-10,12,14,24H,4-6,11,13H2,1H3,(H,22,25). The SMILES string of the molecule is COc1ccccc1NC(=O)c1cc(S(=O)(=O)N2CCCCC2CO)ccc1Cl. The largest absolute Gasteiger partial charge is 0.495 e.